The van der Waals surface area contributed by atoms with E-state index in [2.05, 4.69) is 5.32 Å². The van der Waals surface area contributed by atoms with Gasteiger partial charge in [-0.05, 0) is 30.4 Å². The Labute approximate surface area is 99.7 Å². The number of carbonyl (C=O) groups excluding carboxylic acids is 1. The van der Waals surface area contributed by atoms with E-state index in [0.29, 0.717) is 5.46 Å². The lowest BCUT2D eigenvalue weighted by Crippen LogP contribution is -2.27. The lowest BCUT2D eigenvalue weighted by molar-refractivity contribution is 0.0945. The molecule has 1 saturated carbocycles. The van der Waals surface area contributed by atoms with Gasteiger partial charge in [0.2, 0.25) is 0 Å². The molecule has 1 amide bonds. The number of phenolic OH excluding ortho intramolecular Hbond substituents is 1. The van der Waals surface area contributed by atoms with Gasteiger partial charge < -0.3 is 20.2 Å². The van der Waals surface area contributed by atoms with Crippen LogP contribution in [0.4, 0.5) is 0 Å². The zero-order chi connectivity index (χ0) is 12.4. The molecule has 1 aliphatic carbocycles. The third kappa shape index (κ3) is 2.53. The number of aromatic hydroxyl groups is 1. The van der Waals surface area contributed by atoms with Crippen LogP contribution in [0.15, 0.2) is 12.1 Å². The van der Waals surface area contributed by atoms with Gasteiger partial charge in [0.1, 0.15) is 17.1 Å². The first-order valence-electron chi connectivity index (χ1n) is 5.35. The smallest absolute Gasteiger partial charge is 0.327 e. The lowest BCUT2D eigenvalue weighted by atomic mass is 9.87. The van der Waals surface area contributed by atoms with Gasteiger partial charge in [-0.3, -0.25) is 4.79 Å². The summed E-state index contributed by atoms with van der Waals surface area (Å²) in [4.78, 5) is 11.9. The number of nitrogens with one attached hydrogen (secondary N) is 1. The van der Waals surface area contributed by atoms with Crippen LogP contribution in [-0.4, -0.2) is 36.7 Å². The number of benzene rings is 1. The van der Waals surface area contributed by atoms with E-state index >= 15 is 0 Å². The summed E-state index contributed by atoms with van der Waals surface area (Å²) in [6.07, 6.45) is 1.94. The number of hydrogen-bond donors (Lipinski definition) is 3. The number of methoxy groups -OCH3 is 1. The van der Waals surface area contributed by atoms with E-state index in [1.54, 1.807) is 0 Å². The van der Waals surface area contributed by atoms with Crippen molar-refractivity contribution in [2.45, 2.75) is 18.9 Å². The van der Waals surface area contributed by atoms with Crippen LogP contribution >= 0.6 is 0 Å². The van der Waals surface area contributed by atoms with Crippen molar-refractivity contribution in [3.8, 4) is 11.5 Å². The number of ether oxygens (including phenoxy) is 1. The molecule has 0 spiro atoms. The van der Waals surface area contributed by atoms with E-state index in [9.17, 15) is 9.90 Å². The molecular weight excluding hydrogens is 221 g/mol. The molecule has 5 nitrogen and oxygen atoms in total. The highest BCUT2D eigenvalue weighted by molar-refractivity contribution is 6.45. The van der Waals surface area contributed by atoms with Crippen molar-refractivity contribution in [1.82, 2.24) is 5.32 Å². The molecule has 0 aliphatic heterocycles. The minimum atomic E-state index is -0.355. The molecule has 0 bridgehead atoms. The van der Waals surface area contributed by atoms with Crippen LogP contribution in [0.5, 0.6) is 11.5 Å². The monoisotopic (exact) mass is 234 g/mol. The zero-order valence-corrected chi connectivity index (χ0v) is 9.43. The molecule has 1 radical (unpaired) electrons. The third-order valence-corrected chi connectivity index (χ3v) is 2.61. The SMILES string of the molecule is COc1cc([B]O)cc(O)c1C(=O)NC1CC1. The molecule has 0 aromatic heterocycles. The molecule has 0 heterocycles. The van der Waals surface area contributed by atoms with E-state index in [-0.39, 0.29) is 29.0 Å². The fourth-order valence-electron chi connectivity index (χ4n) is 1.57. The summed E-state index contributed by atoms with van der Waals surface area (Å²) in [5, 5.41) is 21.4. The molecule has 17 heavy (non-hydrogen) atoms. The number of hydrogen-bond acceptors (Lipinski definition) is 4. The standard InChI is InChI=1S/C11H13BNO4/c1-17-9-5-6(12-16)4-8(14)10(9)11(15)13-7-2-3-7/h4-5,7,14,16H,2-3H2,1H3,(H,13,15). The van der Waals surface area contributed by atoms with Crippen LogP contribution in [0.3, 0.4) is 0 Å². The number of rotatable bonds is 4. The van der Waals surface area contributed by atoms with Gasteiger partial charge in [-0.2, -0.15) is 0 Å². The normalized spacial score (nSPS) is 14.2. The quantitative estimate of drug-likeness (QED) is 0.615. The predicted molar refractivity (Wildman–Crippen MR) is 62.8 cm³/mol. The Kier molecular flexibility index (Phi) is 3.24. The molecule has 6 heteroatoms. The van der Waals surface area contributed by atoms with E-state index < -0.39 is 0 Å². The van der Waals surface area contributed by atoms with Gasteiger partial charge in [-0.1, -0.05) is 0 Å². The first kappa shape index (κ1) is 11.8. The van der Waals surface area contributed by atoms with Crippen molar-refractivity contribution in [2.75, 3.05) is 7.11 Å². The average molecular weight is 234 g/mol. The number of carbonyl (C=O) groups is 1. The number of phenols is 1. The van der Waals surface area contributed by atoms with Gasteiger partial charge in [0, 0.05) is 6.04 Å². The Morgan fingerprint density at radius 3 is 2.76 bits per heavy atom. The maximum Gasteiger partial charge on any atom is 0.327 e. The third-order valence-electron chi connectivity index (χ3n) is 2.61. The highest BCUT2D eigenvalue weighted by Gasteiger charge is 2.27. The molecule has 1 fully saturated rings. The van der Waals surface area contributed by atoms with Gasteiger partial charge in [-0.25, -0.2) is 0 Å². The predicted octanol–water partition coefficient (Wildman–Crippen LogP) is -0.470. The maximum absolute atomic E-state index is 11.9. The largest absolute Gasteiger partial charge is 0.507 e. The van der Waals surface area contributed by atoms with Crippen LogP contribution < -0.4 is 15.5 Å². The van der Waals surface area contributed by atoms with Crippen molar-refractivity contribution in [2.24, 2.45) is 0 Å². The molecule has 2 rings (SSSR count). The van der Waals surface area contributed by atoms with Crippen molar-refractivity contribution in [1.29, 1.82) is 0 Å². The van der Waals surface area contributed by atoms with E-state index in [1.165, 1.54) is 19.2 Å². The number of amides is 1. The molecule has 1 aliphatic rings. The summed E-state index contributed by atoms with van der Waals surface area (Å²) < 4.78 is 5.04. The molecule has 1 aromatic carbocycles. The Morgan fingerprint density at radius 2 is 2.24 bits per heavy atom. The molecule has 0 unspecified atom stereocenters. The Morgan fingerprint density at radius 1 is 1.53 bits per heavy atom. The van der Waals surface area contributed by atoms with Crippen molar-refractivity contribution < 1.29 is 19.7 Å². The van der Waals surface area contributed by atoms with Crippen LogP contribution in [0.25, 0.3) is 0 Å². The van der Waals surface area contributed by atoms with Gasteiger partial charge in [0.15, 0.2) is 0 Å². The second kappa shape index (κ2) is 4.67. The summed E-state index contributed by atoms with van der Waals surface area (Å²) in [6.45, 7) is 0. The first-order valence-corrected chi connectivity index (χ1v) is 5.35. The van der Waals surface area contributed by atoms with Gasteiger partial charge in [0.05, 0.1) is 7.11 Å². The van der Waals surface area contributed by atoms with Crippen LogP contribution in [0.2, 0.25) is 0 Å². The van der Waals surface area contributed by atoms with Crippen LogP contribution in [0, 0.1) is 0 Å². The van der Waals surface area contributed by atoms with Crippen molar-refractivity contribution >= 4 is 18.9 Å². The molecule has 1 aromatic rings. The fraction of sp³-hybridized carbons (Fsp3) is 0.364. The summed E-state index contributed by atoms with van der Waals surface area (Å²) in [6, 6.07) is 3.00. The van der Waals surface area contributed by atoms with E-state index in [4.69, 9.17) is 9.76 Å². The maximum atomic E-state index is 11.9. The summed E-state index contributed by atoms with van der Waals surface area (Å²) in [5.41, 5.74) is 0.479. The summed E-state index contributed by atoms with van der Waals surface area (Å²) in [5.74, 6) is -0.322. The molecule has 0 saturated heterocycles. The topological polar surface area (TPSA) is 78.8 Å². The average Bonchev–Trinajstić information content (AvgIpc) is 3.11. The minimum Gasteiger partial charge on any atom is -0.507 e. The Hall–Kier alpha value is -1.69. The first-order chi connectivity index (χ1) is 8.15. The van der Waals surface area contributed by atoms with Gasteiger partial charge in [0.25, 0.3) is 5.91 Å². The van der Waals surface area contributed by atoms with Crippen LogP contribution in [0.1, 0.15) is 23.2 Å². The van der Waals surface area contributed by atoms with Crippen molar-refractivity contribution in [3.63, 3.8) is 0 Å². The Balaban J connectivity index is 2.32. The van der Waals surface area contributed by atoms with Crippen LogP contribution in [-0.2, 0) is 0 Å². The minimum absolute atomic E-state index is 0.102. The fourth-order valence-corrected chi connectivity index (χ4v) is 1.57. The second-order valence-electron chi connectivity index (χ2n) is 3.99. The van der Waals surface area contributed by atoms with Crippen molar-refractivity contribution in [3.05, 3.63) is 17.7 Å². The van der Waals surface area contributed by atoms with Gasteiger partial charge >= 0.3 is 7.48 Å². The zero-order valence-electron chi connectivity index (χ0n) is 9.43. The highest BCUT2D eigenvalue weighted by atomic mass is 16.5. The van der Waals surface area contributed by atoms with E-state index in [1.807, 2.05) is 0 Å². The van der Waals surface area contributed by atoms with Gasteiger partial charge in [-0.15, -0.1) is 0 Å². The molecule has 3 N–H and O–H groups in total. The second-order valence-corrected chi connectivity index (χ2v) is 3.99. The Bertz CT molecular complexity index is 445. The lowest BCUT2D eigenvalue weighted by Gasteiger charge is -2.11. The molecule has 0 atom stereocenters. The summed E-state index contributed by atoms with van der Waals surface area (Å²) >= 11 is 0. The highest BCUT2D eigenvalue weighted by Crippen LogP contribution is 2.28. The molecular formula is C11H13BNO4. The molecule has 89 valence electrons. The summed E-state index contributed by atoms with van der Waals surface area (Å²) in [7, 11) is 2.24. The van der Waals surface area contributed by atoms with E-state index in [0.717, 1.165) is 20.3 Å².